The largest absolute Gasteiger partial charge is 0.387 e. The fourth-order valence-electron chi connectivity index (χ4n) is 3.30. The Hall–Kier alpha value is -3.68. The highest BCUT2D eigenvalue weighted by Crippen LogP contribution is 2.32. The van der Waals surface area contributed by atoms with E-state index in [9.17, 15) is 5.11 Å². The van der Waals surface area contributed by atoms with Crippen LogP contribution in [0.3, 0.4) is 0 Å². The van der Waals surface area contributed by atoms with Crippen LogP contribution in [-0.4, -0.2) is 14.7 Å². The van der Waals surface area contributed by atoms with E-state index in [0.29, 0.717) is 12.1 Å². The van der Waals surface area contributed by atoms with Gasteiger partial charge in [-0.05, 0) is 17.7 Å². The zero-order valence-electron chi connectivity index (χ0n) is 15.2. The Kier molecular flexibility index (Phi) is 5.01. The van der Waals surface area contributed by atoms with Crippen LogP contribution in [0.15, 0.2) is 91.3 Å². The van der Waals surface area contributed by atoms with E-state index in [1.165, 1.54) is 0 Å². The van der Waals surface area contributed by atoms with Crippen molar-refractivity contribution in [1.29, 1.82) is 5.26 Å². The zero-order chi connectivity index (χ0) is 19.3. The van der Waals surface area contributed by atoms with Gasteiger partial charge >= 0.3 is 0 Å². The Bertz CT molecular complexity index is 1090. The van der Waals surface area contributed by atoms with Crippen molar-refractivity contribution in [2.24, 2.45) is 0 Å². The zero-order valence-corrected chi connectivity index (χ0v) is 15.2. The Labute approximate surface area is 164 Å². The van der Waals surface area contributed by atoms with Crippen LogP contribution in [0.25, 0.3) is 22.5 Å². The Balaban J connectivity index is 1.78. The molecule has 4 rings (SSSR count). The third-order valence-electron chi connectivity index (χ3n) is 4.73. The van der Waals surface area contributed by atoms with Crippen LogP contribution in [-0.2, 0) is 6.54 Å². The first kappa shape index (κ1) is 17.7. The van der Waals surface area contributed by atoms with Crippen molar-refractivity contribution in [2.45, 2.75) is 12.6 Å². The molecule has 4 nitrogen and oxygen atoms in total. The molecule has 0 saturated heterocycles. The van der Waals surface area contributed by atoms with Gasteiger partial charge in [0, 0.05) is 11.1 Å². The predicted octanol–water partition coefficient (Wildman–Crippen LogP) is 4.82. The molecule has 0 aliphatic carbocycles. The van der Waals surface area contributed by atoms with Crippen LogP contribution in [0.2, 0.25) is 0 Å². The van der Waals surface area contributed by atoms with E-state index in [1.54, 1.807) is 18.5 Å². The molecule has 0 radical (unpaired) electrons. The Morgan fingerprint density at radius 2 is 1.50 bits per heavy atom. The average Bonchev–Trinajstić information content (AvgIpc) is 3.18. The molecule has 136 valence electrons. The Morgan fingerprint density at radius 3 is 2.14 bits per heavy atom. The van der Waals surface area contributed by atoms with E-state index >= 15 is 0 Å². The summed E-state index contributed by atoms with van der Waals surface area (Å²) in [6.07, 6.45) is 1.12. The average molecular weight is 365 g/mol. The molecule has 4 aromatic rings. The summed E-state index contributed by atoms with van der Waals surface area (Å²) in [6, 6.07) is 29.2. The van der Waals surface area contributed by atoms with Crippen LogP contribution in [0, 0.1) is 11.3 Å². The smallest absolute Gasteiger partial charge is 0.0991 e. The molecule has 0 fully saturated rings. The van der Waals surface area contributed by atoms with Gasteiger partial charge in [0.1, 0.15) is 0 Å². The number of benzene rings is 3. The first-order valence-corrected chi connectivity index (χ1v) is 9.10. The molecule has 1 aromatic heterocycles. The van der Waals surface area contributed by atoms with Crippen molar-refractivity contribution < 1.29 is 5.11 Å². The molecule has 1 atom stereocenters. The van der Waals surface area contributed by atoms with Gasteiger partial charge in [-0.3, -0.25) is 0 Å². The summed E-state index contributed by atoms with van der Waals surface area (Å²) in [5.74, 6) is 0. The molecule has 0 spiro atoms. The number of aliphatic hydroxyl groups excluding tert-OH is 1. The molecule has 0 bridgehead atoms. The number of imidazole rings is 1. The van der Waals surface area contributed by atoms with E-state index in [-0.39, 0.29) is 0 Å². The van der Waals surface area contributed by atoms with Gasteiger partial charge in [-0.25, -0.2) is 4.98 Å². The molecule has 0 aliphatic heterocycles. The fraction of sp³-hybridized carbons (Fsp3) is 0.0833. The number of nitrogens with zero attached hydrogens (tertiary/aromatic N) is 3. The maximum absolute atomic E-state index is 10.7. The highest BCUT2D eigenvalue weighted by molar-refractivity contribution is 5.78. The van der Waals surface area contributed by atoms with E-state index < -0.39 is 6.10 Å². The second-order valence-corrected chi connectivity index (χ2v) is 6.58. The van der Waals surface area contributed by atoms with E-state index in [0.717, 1.165) is 28.1 Å². The lowest BCUT2D eigenvalue weighted by Crippen LogP contribution is -2.09. The summed E-state index contributed by atoms with van der Waals surface area (Å²) in [5, 5.41) is 19.8. The molecule has 1 unspecified atom stereocenters. The number of nitriles is 1. The fourth-order valence-corrected chi connectivity index (χ4v) is 3.30. The minimum Gasteiger partial charge on any atom is -0.387 e. The van der Waals surface area contributed by atoms with Crippen molar-refractivity contribution >= 4 is 0 Å². The van der Waals surface area contributed by atoms with Crippen LogP contribution in [0.1, 0.15) is 17.2 Å². The summed E-state index contributed by atoms with van der Waals surface area (Å²) < 4.78 is 1.97. The quantitative estimate of drug-likeness (QED) is 0.551. The molecule has 28 heavy (non-hydrogen) atoms. The SMILES string of the molecule is N#Cc1ccc(-c2c(-c3ccccc3)ncn2CC(O)c2ccccc2)cc1. The highest BCUT2D eigenvalue weighted by Gasteiger charge is 2.17. The number of hydrogen-bond donors (Lipinski definition) is 1. The molecule has 3 aromatic carbocycles. The van der Waals surface area contributed by atoms with Gasteiger partial charge in [0.25, 0.3) is 0 Å². The molecule has 1 N–H and O–H groups in total. The third-order valence-corrected chi connectivity index (χ3v) is 4.73. The summed E-state index contributed by atoms with van der Waals surface area (Å²) in [7, 11) is 0. The topological polar surface area (TPSA) is 61.8 Å². The van der Waals surface area contributed by atoms with Crippen molar-refractivity contribution in [2.75, 3.05) is 0 Å². The summed E-state index contributed by atoms with van der Waals surface area (Å²) in [6.45, 7) is 0.388. The minimum atomic E-state index is -0.642. The molecule has 0 aliphatic rings. The lowest BCUT2D eigenvalue weighted by molar-refractivity contribution is 0.157. The van der Waals surface area contributed by atoms with Gasteiger partial charge in [0.05, 0.1) is 42.0 Å². The first-order valence-electron chi connectivity index (χ1n) is 9.10. The number of aromatic nitrogens is 2. The van der Waals surface area contributed by atoms with Crippen LogP contribution >= 0.6 is 0 Å². The summed E-state index contributed by atoms with van der Waals surface area (Å²) in [5.41, 5.74) is 5.21. The lowest BCUT2D eigenvalue weighted by atomic mass is 10.0. The number of rotatable bonds is 5. The van der Waals surface area contributed by atoms with Crippen LogP contribution in [0.4, 0.5) is 0 Å². The van der Waals surface area contributed by atoms with E-state index in [1.807, 2.05) is 77.4 Å². The van der Waals surface area contributed by atoms with Crippen molar-refractivity contribution in [3.8, 4) is 28.6 Å². The highest BCUT2D eigenvalue weighted by atomic mass is 16.3. The van der Waals surface area contributed by atoms with Gasteiger partial charge < -0.3 is 9.67 Å². The van der Waals surface area contributed by atoms with Crippen molar-refractivity contribution in [1.82, 2.24) is 9.55 Å². The summed E-state index contributed by atoms with van der Waals surface area (Å²) >= 11 is 0. The van der Waals surface area contributed by atoms with Crippen molar-refractivity contribution in [3.63, 3.8) is 0 Å². The third kappa shape index (κ3) is 3.57. The second-order valence-electron chi connectivity index (χ2n) is 6.58. The molecular weight excluding hydrogens is 346 g/mol. The van der Waals surface area contributed by atoms with Gasteiger partial charge in [-0.1, -0.05) is 72.8 Å². The lowest BCUT2D eigenvalue weighted by Gasteiger charge is -2.15. The van der Waals surface area contributed by atoms with Crippen LogP contribution in [0.5, 0.6) is 0 Å². The van der Waals surface area contributed by atoms with Crippen molar-refractivity contribution in [3.05, 3.63) is 102 Å². The Morgan fingerprint density at radius 1 is 0.857 bits per heavy atom. The first-order chi connectivity index (χ1) is 13.8. The van der Waals surface area contributed by atoms with E-state index in [2.05, 4.69) is 11.1 Å². The predicted molar refractivity (Wildman–Crippen MR) is 109 cm³/mol. The molecule has 1 heterocycles. The summed E-state index contributed by atoms with van der Waals surface area (Å²) in [4.78, 5) is 4.64. The normalized spacial score (nSPS) is 11.7. The molecule has 0 saturated carbocycles. The van der Waals surface area contributed by atoms with Gasteiger partial charge in [-0.2, -0.15) is 5.26 Å². The second kappa shape index (κ2) is 7.91. The maximum atomic E-state index is 10.7. The number of hydrogen-bond acceptors (Lipinski definition) is 3. The van der Waals surface area contributed by atoms with Gasteiger partial charge in [0.2, 0.25) is 0 Å². The van der Waals surface area contributed by atoms with Gasteiger partial charge in [-0.15, -0.1) is 0 Å². The standard InChI is InChI=1S/C24H19N3O/c25-15-18-11-13-21(14-12-18)24-23(20-9-5-2-6-10-20)26-17-27(24)16-22(28)19-7-3-1-4-8-19/h1-14,17,22,28H,16H2. The molecule has 4 heteroatoms. The van der Waals surface area contributed by atoms with E-state index in [4.69, 9.17) is 5.26 Å². The molecular formula is C24H19N3O. The minimum absolute atomic E-state index is 0.388. The van der Waals surface area contributed by atoms with Gasteiger partial charge in [0.15, 0.2) is 0 Å². The maximum Gasteiger partial charge on any atom is 0.0991 e. The number of aliphatic hydroxyl groups is 1. The molecule has 0 amide bonds. The monoisotopic (exact) mass is 365 g/mol. The van der Waals surface area contributed by atoms with Crippen LogP contribution < -0.4 is 0 Å².